The third kappa shape index (κ3) is 2.76. The third-order valence-corrected chi connectivity index (χ3v) is 3.33. The minimum Gasteiger partial charge on any atom is -0.383 e. The van der Waals surface area contributed by atoms with Gasteiger partial charge in [-0.3, -0.25) is 0 Å². The maximum absolute atomic E-state index is 7.39. The number of anilines is 2. The molecule has 1 aromatic rings. The maximum Gasteiger partial charge on any atom is 0.134 e. The highest BCUT2D eigenvalue weighted by molar-refractivity contribution is 9.10. The number of hydrogen-bond donors (Lipinski definition) is 3. The van der Waals surface area contributed by atoms with Crippen molar-refractivity contribution in [2.75, 3.05) is 17.7 Å². The summed E-state index contributed by atoms with van der Waals surface area (Å²) in [7, 11) is 0. The highest BCUT2D eigenvalue weighted by atomic mass is 79.9. The van der Waals surface area contributed by atoms with Crippen LogP contribution in [-0.4, -0.2) is 24.0 Å². The maximum atomic E-state index is 7.39. The first-order valence-corrected chi connectivity index (χ1v) is 6.34. The molecule has 1 fully saturated rings. The molecule has 1 unspecified atom stereocenters. The molecule has 17 heavy (non-hydrogen) atoms. The number of nitrogens with one attached hydrogen (secondary N) is 2. The van der Waals surface area contributed by atoms with Gasteiger partial charge in [-0.2, -0.15) is 0 Å². The van der Waals surface area contributed by atoms with Crippen molar-refractivity contribution in [3.8, 4) is 0 Å². The van der Waals surface area contributed by atoms with Gasteiger partial charge in [-0.25, -0.2) is 4.98 Å². The third-order valence-electron chi connectivity index (χ3n) is 2.73. The Morgan fingerprint density at radius 3 is 3.06 bits per heavy atom. The summed E-state index contributed by atoms with van der Waals surface area (Å²) in [6, 6.07) is 0. The number of nitrogen functional groups attached to an aromatic ring is 1. The Kier molecular flexibility index (Phi) is 3.96. The summed E-state index contributed by atoms with van der Waals surface area (Å²) in [5.74, 6) is 0.349. The van der Waals surface area contributed by atoms with Crippen molar-refractivity contribution in [3.05, 3.63) is 16.2 Å². The Bertz CT molecular complexity index is 418. The van der Waals surface area contributed by atoms with Crippen LogP contribution >= 0.6 is 15.9 Å². The fourth-order valence-corrected chi connectivity index (χ4v) is 2.26. The van der Waals surface area contributed by atoms with E-state index in [4.69, 9.17) is 15.9 Å². The van der Waals surface area contributed by atoms with Crippen LogP contribution in [0.2, 0.25) is 0 Å². The molecule has 6 heteroatoms. The zero-order valence-corrected chi connectivity index (χ0v) is 11.0. The summed E-state index contributed by atoms with van der Waals surface area (Å²) in [5, 5.41) is 10.7. The molecule has 0 bridgehead atoms. The lowest BCUT2D eigenvalue weighted by atomic mass is 10.1. The number of nitrogens with zero attached hydrogens (tertiary/aromatic N) is 1. The van der Waals surface area contributed by atoms with E-state index >= 15 is 0 Å². The topological polar surface area (TPSA) is 84.0 Å². The largest absolute Gasteiger partial charge is 0.383 e. The van der Waals surface area contributed by atoms with Gasteiger partial charge < -0.3 is 21.2 Å². The van der Waals surface area contributed by atoms with Crippen LogP contribution in [0.15, 0.2) is 10.7 Å². The Hall–Kier alpha value is -1.14. The Balaban J connectivity index is 2.24. The van der Waals surface area contributed by atoms with Crippen molar-refractivity contribution in [2.24, 2.45) is 0 Å². The summed E-state index contributed by atoms with van der Waals surface area (Å²) in [5.41, 5.74) is 7.11. The van der Waals surface area contributed by atoms with E-state index in [-0.39, 0.29) is 6.23 Å². The number of hydrogen-bond acceptors (Lipinski definition) is 5. The summed E-state index contributed by atoms with van der Waals surface area (Å²) in [6.07, 6.45) is 6.05. The molecule has 1 aliphatic heterocycles. The highest BCUT2D eigenvalue weighted by Crippen LogP contribution is 2.29. The number of rotatable bonds is 3. The molecular weight excluding hydrogens is 284 g/mol. The standard InChI is InChI=1S/C11H15BrN4O/c12-8-6-15-11(14)7(5-13)10(8)16-9-3-1-2-4-17-9/h5-6,9,13H,1-4H2,(H3,14,15,16). The molecule has 1 aliphatic rings. The van der Waals surface area contributed by atoms with Crippen LogP contribution in [0.1, 0.15) is 24.8 Å². The van der Waals surface area contributed by atoms with Gasteiger partial charge in [0.15, 0.2) is 0 Å². The fraction of sp³-hybridized carbons (Fsp3) is 0.455. The van der Waals surface area contributed by atoms with Crippen molar-refractivity contribution in [3.63, 3.8) is 0 Å². The van der Waals surface area contributed by atoms with E-state index in [0.717, 1.165) is 36.0 Å². The molecule has 0 amide bonds. The van der Waals surface area contributed by atoms with Crippen LogP contribution in [0.3, 0.4) is 0 Å². The predicted molar refractivity (Wildman–Crippen MR) is 71.4 cm³/mol. The summed E-state index contributed by atoms with van der Waals surface area (Å²) >= 11 is 3.41. The summed E-state index contributed by atoms with van der Waals surface area (Å²) in [4.78, 5) is 4.00. The van der Waals surface area contributed by atoms with Gasteiger partial charge in [0.2, 0.25) is 0 Å². The van der Waals surface area contributed by atoms with Gasteiger partial charge in [0.05, 0.1) is 15.7 Å². The molecular formula is C11H15BrN4O. The van der Waals surface area contributed by atoms with E-state index < -0.39 is 0 Å². The van der Waals surface area contributed by atoms with Gasteiger partial charge in [0, 0.05) is 19.0 Å². The molecule has 2 heterocycles. The van der Waals surface area contributed by atoms with Crippen molar-refractivity contribution in [1.29, 1.82) is 5.41 Å². The second-order valence-corrected chi connectivity index (χ2v) is 4.78. The van der Waals surface area contributed by atoms with Crippen molar-refractivity contribution < 1.29 is 4.74 Å². The first-order chi connectivity index (χ1) is 8.22. The van der Waals surface area contributed by atoms with Gasteiger partial charge in [-0.05, 0) is 35.2 Å². The molecule has 2 rings (SSSR count). The van der Waals surface area contributed by atoms with Gasteiger partial charge in [-0.1, -0.05) is 0 Å². The van der Waals surface area contributed by atoms with Gasteiger partial charge in [0.1, 0.15) is 12.0 Å². The molecule has 0 saturated carbocycles. The quantitative estimate of drug-likeness (QED) is 0.748. The van der Waals surface area contributed by atoms with Crippen LogP contribution in [-0.2, 0) is 4.74 Å². The van der Waals surface area contributed by atoms with E-state index in [1.54, 1.807) is 6.20 Å². The van der Waals surface area contributed by atoms with Crippen molar-refractivity contribution >= 4 is 33.6 Å². The van der Waals surface area contributed by atoms with E-state index in [2.05, 4.69) is 26.2 Å². The second kappa shape index (κ2) is 5.46. The Morgan fingerprint density at radius 2 is 2.41 bits per heavy atom. The molecule has 0 aliphatic carbocycles. The molecule has 4 N–H and O–H groups in total. The molecule has 1 atom stereocenters. The Labute approximate surface area is 108 Å². The predicted octanol–water partition coefficient (Wildman–Crippen LogP) is 2.36. The lowest BCUT2D eigenvalue weighted by molar-refractivity contribution is 0.0343. The monoisotopic (exact) mass is 298 g/mol. The van der Waals surface area contributed by atoms with Crippen molar-refractivity contribution in [1.82, 2.24) is 4.98 Å². The van der Waals surface area contributed by atoms with Crippen LogP contribution in [0.25, 0.3) is 0 Å². The van der Waals surface area contributed by atoms with E-state index in [0.29, 0.717) is 11.4 Å². The number of halogens is 1. The van der Waals surface area contributed by atoms with E-state index in [9.17, 15) is 0 Å². The zero-order chi connectivity index (χ0) is 12.3. The normalized spacial score (nSPS) is 19.9. The zero-order valence-electron chi connectivity index (χ0n) is 9.37. The van der Waals surface area contributed by atoms with Crippen molar-refractivity contribution in [2.45, 2.75) is 25.5 Å². The minimum atomic E-state index is -0.0134. The highest BCUT2D eigenvalue weighted by Gasteiger charge is 2.17. The summed E-state index contributed by atoms with van der Waals surface area (Å²) < 4.78 is 6.40. The molecule has 1 aromatic heterocycles. The fourth-order valence-electron chi connectivity index (χ4n) is 1.83. The van der Waals surface area contributed by atoms with Crippen LogP contribution in [0, 0.1) is 5.41 Å². The lowest BCUT2D eigenvalue weighted by Gasteiger charge is -2.25. The number of nitrogens with two attached hydrogens (primary N) is 1. The molecule has 0 radical (unpaired) electrons. The SMILES string of the molecule is N=Cc1c(N)ncc(Br)c1NC1CCCCO1. The number of pyridine rings is 1. The Morgan fingerprint density at radius 1 is 1.59 bits per heavy atom. The molecule has 0 spiro atoms. The van der Waals surface area contributed by atoms with E-state index in [1.165, 1.54) is 6.21 Å². The smallest absolute Gasteiger partial charge is 0.134 e. The van der Waals surface area contributed by atoms with Gasteiger partial charge in [-0.15, -0.1) is 0 Å². The first kappa shape index (κ1) is 12.3. The average molecular weight is 299 g/mol. The molecule has 1 saturated heterocycles. The van der Waals surface area contributed by atoms with Crippen LogP contribution in [0.4, 0.5) is 11.5 Å². The lowest BCUT2D eigenvalue weighted by Crippen LogP contribution is -2.28. The molecule has 0 aromatic carbocycles. The second-order valence-electron chi connectivity index (χ2n) is 3.92. The van der Waals surface area contributed by atoms with Crippen LogP contribution in [0.5, 0.6) is 0 Å². The first-order valence-electron chi connectivity index (χ1n) is 5.55. The number of aromatic nitrogens is 1. The van der Waals surface area contributed by atoms with Gasteiger partial charge in [0.25, 0.3) is 0 Å². The van der Waals surface area contributed by atoms with E-state index in [1.807, 2.05) is 0 Å². The molecule has 5 nitrogen and oxygen atoms in total. The van der Waals surface area contributed by atoms with Gasteiger partial charge >= 0.3 is 0 Å². The average Bonchev–Trinajstić information content (AvgIpc) is 2.35. The number of ether oxygens (including phenoxy) is 1. The minimum absolute atomic E-state index is 0.0134. The van der Waals surface area contributed by atoms with Crippen LogP contribution < -0.4 is 11.1 Å². The molecule has 92 valence electrons. The summed E-state index contributed by atoms with van der Waals surface area (Å²) in [6.45, 7) is 0.774.